The maximum atomic E-state index is 12.5. The van der Waals surface area contributed by atoms with E-state index in [0.717, 1.165) is 12.1 Å². The Morgan fingerprint density at radius 2 is 2.00 bits per heavy atom. The lowest BCUT2D eigenvalue weighted by Crippen LogP contribution is -2.16. The molecule has 4 rings (SSSR count). The topological polar surface area (TPSA) is 88.9 Å². The van der Waals surface area contributed by atoms with Crippen LogP contribution in [0.5, 0.6) is 0 Å². The first-order valence-electron chi connectivity index (χ1n) is 9.24. The zero-order valence-corrected chi connectivity index (χ0v) is 15.5. The second kappa shape index (κ2) is 7.64. The Hall–Kier alpha value is -3.48. The highest BCUT2D eigenvalue weighted by molar-refractivity contribution is 6.05. The molecule has 7 heteroatoms. The van der Waals surface area contributed by atoms with E-state index < -0.39 is 0 Å². The van der Waals surface area contributed by atoms with E-state index in [1.807, 2.05) is 18.2 Å². The first kappa shape index (κ1) is 17.9. The summed E-state index contributed by atoms with van der Waals surface area (Å²) >= 11 is 0. The van der Waals surface area contributed by atoms with Crippen LogP contribution in [0.25, 0.3) is 0 Å². The number of pyridine rings is 1. The lowest BCUT2D eigenvalue weighted by Gasteiger charge is -2.07. The van der Waals surface area contributed by atoms with Crippen molar-refractivity contribution < 1.29 is 9.59 Å². The Morgan fingerprint density at radius 1 is 1.14 bits per heavy atom. The molecule has 2 amide bonds. The highest BCUT2D eigenvalue weighted by atomic mass is 16.2. The standard InChI is InChI=1S/C21H21N5O2/c1-14-11-18(14)21(28)23-16-7-4-5-15(12-16)20(27)24-19-8-10-26(25-19)13-17-6-2-3-9-22-17/h2-10,12,14,18H,11,13H2,1H3,(H,23,28)(H,24,25,27)/t14-,18-/m0/s1. The molecule has 28 heavy (non-hydrogen) atoms. The number of carbonyl (C=O) groups excluding carboxylic acids is 2. The summed E-state index contributed by atoms with van der Waals surface area (Å²) in [6, 6.07) is 14.3. The van der Waals surface area contributed by atoms with E-state index in [9.17, 15) is 9.59 Å². The lowest BCUT2D eigenvalue weighted by atomic mass is 10.2. The summed E-state index contributed by atoms with van der Waals surface area (Å²) in [7, 11) is 0. The Bertz CT molecular complexity index is 999. The van der Waals surface area contributed by atoms with E-state index >= 15 is 0 Å². The minimum atomic E-state index is -0.279. The molecule has 2 atom stereocenters. The van der Waals surface area contributed by atoms with E-state index in [0.29, 0.717) is 29.5 Å². The van der Waals surface area contributed by atoms with Crippen LogP contribution in [0.15, 0.2) is 60.9 Å². The van der Waals surface area contributed by atoms with Gasteiger partial charge in [-0.05, 0) is 42.7 Å². The van der Waals surface area contributed by atoms with Gasteiger partial charge in [-0.2, -0.15) is 5.10 Å². The zero-order valence-electron chi connectivity index (χ0n) is 15.5. The van der Waals surface area contributed by atoms with Gasteiger partial charge in [0.1, 0.15) is 0 Å². The van der Waals surface area contributed by atoms with Gasteiger partial charge in [0, 0.05) is 35.6 Å². The highest BCUT2D eigenvalue weighted by Crippen LogP contribution is 2.38. The molecule has 1 aliphatic rings. The summed E-state index contributed by atoms with van der Waals surface area (Å²) in [5, 5.41) is 10.0. The summed E-state index contributed by atoms with van der Waals surface area (Å²) in [5.74, 6) is 0.715. The summed E-state index contributed by atoms with van der Waals surface area (Å²) in [6.45, 7) is 2.58. The molecule has 0 saturated heterocycles. The average Bonchev–Trinajstić information content (AvgIpc) is 3.28. The predicted octanol–water partition coefficient (Wildman–Crippen LogP) is 3.17. The van der Waals surface area contributed by atoms with Crippen molar-refractivity contribution in [1.82, 2.24) is 14.8 Å². The molecule has 0 bridgehead atoms. The fourth-order valence-corrected chi connectivity index (χ4v) is 3.02. The van der Waals surface area contributed by atoms with E-state index in [2.05, 4.69) is 27.6 Å². The van der Waals surface area contributed by atoms with Crippen LogP contribution in [0, 0.1) is 11.8 Å². The van der Waals surface area contributed by atoms with Crippen molar-refractivity contribution in [2.24, 2.45) is 11.8 Å². The third-order valence-corrected chi connectivity index (χ3v) is 4.77. The molecule has 3 aromatic rings. The van der Waals surface area contributed by atoms with Gasteiger partial charge in [-0.1, -0.05) is 19.1 Å². The predicted molar refractivity (Wildman–Crippen MR) is 106 cm³/mol. The van der Waals surface area contributed by atoms with Crippen molar-refractivity contribution in [2.45, 2.75) is 19.9 Å². The quantitative estimate of drug-likeness (QED) is 0.693. The summed E-state index contributed by atoms with van der Waals surface area (Å²) < 4.78 is 1.71. The molecule has 2 N–H and O–H groups in total. The molecule has 2 heterocycles. The first-order chi connectivity index (χ1) is 13.6. The molecular weight excluding hydrogens is 354 g/mol. The van der Waals surface area contributed by atoms with Crippen LogP contribution in [0.4, 0.5) is 11.5 Å². The van der Waals surface area contributed by atoms with Gasteiger partial charge in [-0.3, -0.25) is 19.3 Å². The maximum Gasteiger partial charge on any atom is 0.256 e. The van der Waals surface area contributed by atoms with Gasteiger partial charge in [-0.25, -0.2) is 0 Å². The lowest BCUT2D eigenvalue weighted by molar-refractivity contribution is -0.117. The molecule has 2 aromatic heterocycles. The molecular formula is C21H21N5O2. The van der Waals surface area contributed by atoms with E-state index in [1.54, 1.807) is 47.4 Å². The van der Waals surface area contributed by atoms with Crippen molar-refractivity contribution in [1.29, 1.82) is 0 Å². The number of aromatic nitrogens is 3. The van der Waals surface area contributed by atoms with Gasteiger partial charge in [0.25, 0.3) is 5.91 Å². The highest BCUT2D eigenvalue weighted by Gasteiger charge is 2.39. The molecule has 0 spiro atoms. The minimum absolute atomic E-state index is 0.0123. The molecule has 0 radical (unpaired) electrons. The van der Waals surface area contributed by atoms with E-state index in [4.69, 9.17) is 0 Å². The monoisotopic (exact) mass is 375 g/mol. The molecule has 0 unspecified atom stereocenters. The van der Waals surface area contributed by atoms with Crippen LogP contribution in [-0.4, -0.2) is 26.6 Å². The van der Waals surface area contributed by atoms with Gasteiger partial charge in [-0.15, -0.1) is 0 Å². The van der Waals surface area contributed by atoms with Crippen LogP contribution in [0.3, 0.4) is 0 Å². The molecule has 1 saturated carbocycles. The Kier molecular flexibility index (Phi) is 4.89. The molecule has 0 aliphatic heterocycles. The number of hydrogen-bond donors (Lipinski definition) is 2. The van der Waals surface area contributed by atoms with Crippen LogP contribution in [0.2, 0.25) is 0 Å². The first-order valence-corrected chi connectivity index (χ1v) is 9.24. The second-order valence-electron chi connectivity index (χ2n) is 7.06. The van der Waals surface area contributed by atoms with Gasteiger partial charge < -0.3 is 10.6 Å². The SMILES string of the molecule is C[C@H]1C[C@@H]1C(=O)Nc1cccc(C(=O)Nc2ccn(Cc3ccccn3)n2)c1. The number of anilines is 2. The third-order valence-electron chi connectivity index (χ3n) is 4.77. The fourth-order valence-electron chi connectivity index (χ4n) is 3.02. The smallest absolute Gasteiger partial charge is 0.256 e. The van der Waals surface area contributed by atoms with Gasteiger partial charge in [0.05, 0.1) is 12.2 Å². The number of nitrogens with one attached hydrogen (secondary N) is 2. The van der Waals surface area contributed by atoms with E-state index in [-0.39, 0.29) is 17.7 Å². The summed E-state index contributed by atoms with van der Waals surface area (Å²) in [4.78, 5) is 28.9. The number of amides is 2. The Morgan fingerprint density at radius 3 is 2.75 bits per heavy atom. The van der Waals surface area contributed by atoms with Gasteiger partial charge in [0.15, 0.2) is 5.82 Å². The van der Waals surface area contributed by atoms with Gasteiger partial charge >= 0.3 is 0 Å². The number of carbonyl (C=O) groups is 2. The normalized spacial score (nSPS) is 17.8. The maximum absolute atomic E-state index is 12.5. The fraction of sp³-hybridized carbons (Fsp3) is 0.238. The van der Waals surface area contributed by atoms with Crippen LogP contribution in [-0.2, 0) is 11.3 Å². The molecule has 1 fully saturated rings. The zero-order chi connectivity index (χ0) is 19.5. The number of rotatable bonds is 6. The van der Waals surface area contributed by atoms with Crippen molar-refractivity contribution in [3.05, 3.63) is 72.2 Å². The van der Waals surface area contributed by atoms with E-state index in [1.165, 1.54) is 0 Å². The Balaban J connectivity index is 1.38. The number of hydrogen-bond acceptors (Lipinski definition) is 4. The minimum Gasteiger partial charge on any atom is -0.326 e. The Labute approximate surface area is 162 Å². The largest absolute Gasteiger partial charge is 0.326 e. The summed E-state index contributed by atoms with van der Waals surface area (Å²) in [5.41, 5.74) is 1.97. The van der Waals surface area contributed by atoms with Crippen LogP contribution < -0.4 is 10.6 Å². The number of nitrogens with zero attached hydrogens (tertiary/aromatic N) is 3. The third kappa shape index (κ3) is 4.25. The number of benzene rings is 1. The molecule has 142 valence electrons. The second-order valence-corrected chi connectivity index (χ2v) is 7.06. The molecule has 1 aromatic carbocycles. The van der Waals surface area contributed by atoms with Crippen molar-refractivity contribution in [2.75, 3.05) is 10.6 Å². The summed E-state index contributed by atoms with van der Waals surface area (Å²) in [6.07, 6.45) is 4.45. The molecule has 7 nitrogen and oxygen atoms in total. The van der Waals surface area contributed by atoms with Crippen molar-refractivity contribution >= 4 is 23.3 Å². The van der Waals surface area contributed by atoms with Crippen molar-refractivity contribution in [3.8, 4) is 0 Å². The van der Waals surface area contributed by atoms with Crippen LogP contribution in [0.1, 0.15) is 29.4 Å². The van der Waals surface area contributed by atoms with Crippen LogP contribution >= 0.6 is 0 Å². The van der Waals surface area contributed by atoms with Gasteiger partial charge in [0.2, 0.25) is 5.91 Å². The average molecular weight is 375 g/mol. The van der Waals surface area contributed by atoms with Crippen molar-refractivity contribution in [3.63, 3.8) is 0 Å². The molecule has 1 aliphatic carbocycles.